The van der Waals surface area contributed by atoms with Crippen LogP contribution < -0.4 is 10.5 Å². The number of ether oxygens (including phenoxy) is 1. The van der Waals surface area contributed by atoms with Crippen molar-refractivity contribution >= 4 is 29.3 Å². The number of aromatic nitrogens is 3. The lowest BCUT2D eigenvalue weighted by Crippen LogP contribution is -1.98. The fourth-order valence-electron chi connectivity index (χ4n) is 1.14. The van der Waals surface area contributed by atoms with Gasteiger partial charge in [0.15, 0.2) is 5.16 Å². The maximum absolute atomic E-state index is 5.69. The van der Waals surface area contributed by atoms with Crippen molar-refractivity contribution in [2.24, 2.45) is 0 Å². The van der Waals surface area contributed by atoms with E-state index in [1.807, 2.05) is 24.3 Å². The van der Waals surface area contributed by atoms with E-state index in [2.05, 4.69) is 15.0 Å². The Bertz CT molecular complexity index is 500. The molecule has 5 nitrogen and oxygen atoms in total. The van der Waals surface area contributed by atoms with Gasteiger partial charge in [-0.25, -0.2) is 0 Å². The van der Waals surface area contributed by atoms with E-state index in [1.54, 1.807) is 7.11 Å². The number of anilines is 1. The molecule has 1 aromatic heterocycles. The first-order chi connectivity index (χ1) is 8.17. The molecule has 7 heteroatoms. The number of hydrogen-bond acceptors (Lipinski definition) is 6. The third-order valence-electron chi connectivity index (χ3n) is 1.87. The molecule has 2 N–H and O–H groups in total. The van der Waals surface area contributed by atoms with Crippen LogP contribution in [0.2, 0.25) is 5.28 Å². The average Bonchev–Trinajstić information content (AvgIpc) is 2.28. The molecule has 1 aromatic carbocycles. The number of halogens is 1. The molecule has 0 saturated carbocycles. The molecule has 0 aliphatic rings. The van der Waals surface area contributed by atoms with Crippen LogP contribution in [-0.4, -0.2) is 22.1 Å². The van der Waals surface area contributed by atoms with Gasteiger partial charge in [0.1, 0.15) is 5.75 Å². The van der Waals surface area contributed by atoms with E-state index in [0.717, 1.165) is 10.6 Å². The summed E-state index contributed by atoms with van der Waals surface area (Å²) < 4.78 is 5.07. The van der Waals surface area contributed by atoms with Crippen LogP contribution in [0.5, 0.6) is 5.75 Å². The van der Waals surface area contributed by atoms with Crippen LogP contribution in [0.25, 0.3) is 0 Å². The smallest absolute Gasteiger partial charge is 0.228 e. The topological polar surface area (TPSA) is 73.9 Å². The van der Waals surface area contributed by atoms with E-state index < -0.39 is 0 Å². The van der Waals surface area contributed by atoms with Gasteiger partial charge in [0.05, 0.1) is 7.11 Å². The van der Waals surface area contributed by atoms with Gasteiger partial charge in [-0.05, 0) is 47.6 Å². The summed E-state index contributed by atoms with van der Waals surface area (Å²) >= 11 is 7.04. The zero-order chi connectivity index (χ0) is 12.3. The molecular weight excluding hydrogens is 260 g/mol. The molecule has 0 aliphatic heterocycles. The van der Waals surface area contributed by atoms with E-state index in [4.69, 9.17) is 22.1 Å². The molecule has 1 heterocycles. The molecule has 0 bridgehead atoms. The maximum Gasteiger partial charge on any atom is 0.228 e. The van der Waals surface area contributed by atoms with Gasteiger partial charge < -0.3 is 10.5 Å². The summed E-state index contributed by atoms with van der Waals surface area (Å²) in [6.07, 6.45) is 0. The van der Waals surface area contributed by atoms with Crippen LogP contribution in [0.4, 0.5) is 5.95 Å². The number of rotatable bonds is 3. The van der Waals surface area contributed by atoms with Crippen LogP contribution in [0.15, 0.2) is 34.3 Å². The van der Waals surface area contributed by atoms with Gasteiger partial charge in [-0.2, -0.15) is 15.0 Å². The second-order valence-corrected chi connectivity index (χ2v) is 4.40. The number of nitrogens with zero attached hydrogens (tertiary/aromatic N) is 3. The fourth-order valence-corrected chi connectivity index (χ4v) is 2.11. The Hall–Kier alpha value is -1.53. The summed E-state index contributed by atoms with van der Waals surface area (Å²) in [7, 11) is 1.62. The minimum Gasteiger partial charge on any atom is -0.497 e. The Morgan fingerprint density at radius 3 is 2.47 bits per heavy atom. The van der Waals surface area contributed by atoms with Gasteiger partial charge in [0, 0.05) is 4.90 Å². The Morgan fingerprint density at radius 1 is 1.18 bits per heavy atom. The second kappa shape index (κ2) is 5.20. The summed E-state index contributed by atoms with van der Waals surface area (Å²) in [4.78, 5) is 12.6. The zero-order valence-electron chi connectivity index (χ0n) is 8.92. The third-order valence-corrected chi connectivity index (χ3v) is 2.92. The molecule has 0 atom stereocenters. The minimum absolute atomic E-state index is 0.0912. The van der Waals surface area contributed by atoms with Crippen LogP contribution in [0, 0.1) is 0 Å². The highest BCUT2D eigenvalue weighted by molar-refractivity contribution is 7.99. The zero-order valence-corrected chi connectivity index (χ0v) is 10.5. The SMILES string of the molecule is COc1ccc(Sc2nc(N)nc(Cl)n2)cc1. The summed E-state index contributed by atoms with van der Waals surface area (Å²) in [5.41, 5.74) is 5.48. The highest BCUT2D eigenvalue weighted by atomic mass is 35.5. The fraction of sp³-hybridized carbons (Fsp3) is 0.100. The molecule has 0 unspecified atom stereocenters. The van der Waals surface area contributed by atoms with Gasteiger partial charge in [0.2, 0.25) is 11.2 Å². The van der Waals surface area contributed by atoms with Gasteiger partial charge >= 0.3 is 0 Å². The summed E-state index contributed by atoms with van der Waals surface area (Å²) in [5.74, 6) is 0.906. The van der Waals surface area contributed by atoms with E-state index in [-0.39, 0.29) is 11.2 Å². The molecule has 0 spiro atoms. The van der Waals surface area contributed by atoms with Crippen molar-refractivity contribution in [1.82, 2.24) is 15.0 Å². The van der Waals surface area contributed by atoms with Crippen LogP contribution in [-0.2, 0) is 0 Å². The van der Waals surface area contributed by atoms with Crippen molar-refractivity contribution in [3.63, 3.8) is 0 Å². The first kappa shape index (κ1) is 11.9. The standard InChI is InChI=1S/C10H9ClN4OS/c1-16-6-2-4-7(5-3-6)17-10-14-8(11)13-9(12)15-10/h2-5H,1H3,(H2,12,13,14,15). The van der Waals surface area contributed by atoms with Crippen molar-refractivity contribution in [2.45, 2.75) is 10.1 Å². The molecule has 0 radical (unpaired) electrons. The number of nitrogens with two attached hydrogens (primary N) is 1. The molecular formula is C10H9ClN4OS. The third kappa shape index (κ3) is 3.21. The highest BCUT2D eigenvalue weighted by Gasteiger charge is 2.04. The minimum atomic E-state index is 0.0912. The largest absolute Gasteiger partial charge is 0.497 e. The predicted molar refractivity (Wildman–Crippen MR) is 66.4 cm³/mol. The van der Waals surface area contributed by atoms with Crippen molar-refractivity contribution < 1.29 is 4.74 Å². The number of methoxy groups -OCH3 is 1. The molecule has 0 aliphatic carbocycles. The molecule has 2 rings (SSSR count). The summed E-state index contributed by atoms with van der Waals surface area (Å²) in [6.45, 7) is 0. The molecule has 0 fully saturated rings. The summed E-state index contributed by atoms with van der Waals surface area (Å²) in [6, 6.07) is 7.51. The number of nitrogen functional groups attached to an aromatic ring is 1. The van der Waals surface area contributed by atoms with Crippen LogP contribution in [0.1, 0.15) is 0 Å². The van der Waals surface area contributed by atoms with Gasteiger partial charge in [0.25, 0.3) is 0 Å². The van der Waals surface area contributed by atoms with Gasteiger partial charge in [-0.1, -0.05) is 0 Å². The Kier molecular flexibility index (Phi) is 3.65. The van der Waals surface area contributed by atoms with Crippen molar-refractivity contribution in [1.29, 1.82) is 0 Å². The Morgan fingerprint density at radius 2 is 1.88 bits per heavy atom. The first-order valence-electron chi connectivity index (χ1n) is 4.66. The predicted octanol–water partition coefficient (Wildman–Crippen LogP) is 2.27. The van der Waals surface area contributed by atoms with E-state index in [9.17, 15) is 0 Å². The van der Waals surface area contributed by atoms with E-state index in [1.165, 1.54) is 11.8 Å². The number of benzene rings is 1. The average molecular weight is 269 g/mol. The quantitative estimate of drug-likeness (QED) is 0.920. The molecule has 88 valence electrons. The lowest BCUT2D eigenvalue weighted by atomic mass is 10.3. The van der Waals surface area contributed by atoms with Crippen molar-refractivity contribution in [2.75, 3.05) is 12.8 Å². The number of hydrogen-bond donors (Lipinski definition) is 1. The first-order valence-corrected chi connectivity index (χ1v) is 5.86. The summed E-state index contributed by atoms with van der Waals surface area (Å²) in [5, 5.41) is 0.557. The normalized spacial score (nSPS) is 10.2. The van der Waals surface area contributed by atoms with Crippen molar-refractivity contribution in [3.8, 4) is 5.75 Å². The van der Waals surface area contributed by atoms with Gasteiger partial charge in [-0.3, -0.25) is 0 Å². The van der Waals surface area contributed by atoms with E-state index >= 15 is 0 Å². The molecule has 0 amide bonds. The molecule has 2 aromatic rings. The van der Waals surface area contributed by atoms with Crippen LogP contribution in [0.3, 0.4) is 0 Å². The Labute approximate surface area is 107 Å². The second-order valence-electron chi connectivity index (χ2n) is 3.02. The van der Waals surface area contributed by atoms with Gasteiger partial charge in [-0.15, -0.1) is 0 Å². The van der Waals surface area contributed by atoms with Crippen LogP contribution >= 0.6 is 23.4 Å². The van der Waals surface area contributed by atoms with E-state index in [0.29, 0.717) is 5.16 Å². The maximum atomic E-state index is 5.69. The highest BCUT2D eigenvalue weighted by Crippen LogP contribution is 2.27. The lowest BCUT2D eigenvalue weighted by molar-refractivity contribution is 0.414. The molecule has 0 saturated heterocycles. The monoisotopic (exact) mass is 268 g/mol. The Balaban J connectivity index is 2.19. The molecule has 17 heavy (non-hydrogen) atoms. The van der Waals surface area contributed by atoms with Crippen molar-refractivity contribution in [3.05, 3.63) is 29.5 Å². The lowest BCUT2D eigenvalue weighted by Gasteiger charge is -2.02.